The molecule has 0 aliphatic heterocycles. The number of carbonyl (C=O) groups is 2. The predicted octanol–water partition coefficient (Wildman–Crippen LogP) is 1.79. The normalized spacial score (nSPS) is 9.68. The Morgan fingerprint density at radius 2 is 1.68 bits per heavy atom. The van der Waals surface area contributed by atoms with E-state index in [4.69, 9.17) is 5.73 Å². The van der Waals surface area contributed by atoms with Crippen molar-refractivity contribution in [2.24, 2.45) is 5.73 Å². The average molecular weight is 257 g/mol. The first kappa shape index (κ1) is 12.6. The van der Waals surface area contributed by atoms with Crippen molar-refractivity contribution in [1.29, 1.82) is 0 Å². The molecule has 0 atom stereocenters. The molecule has 1 aromatic heterocycles. The highest BCUT2D eigenvalue weighted by atomic mass is 16.5. The second kappa shape index (κ2) is 5.63. The summed E-state index contributed by atoms with van der Waals surface area (Å²) in [5.74, 6) is 0.0183. The van der Waals surface area contributed by atoms with Crippen molar-refractivity contribution >= 4 is 17.7 Å². The number of carbonyl (C=O) groups excluding carboxylic acids is 2. The minimum atomic E-state index is -0.894. The molecule has 2 rings (SSSR count). The van der Waals surface area contributed by atoms with Crippen LogP contribution in [0.5, 0.6) is 5.75 Å². The van der Waals surface area contributed by atoms with Gasteiger partial charge in [-0.15, -0.1) is 0 Å². The lowest BCUT2D eigenvalue weighted by molar-refractivity contribution is 0.102. The second-order valence-corrected chi connectivity index (χ2v) is 3.64. The Morgan fingerprint density at radius 3 is 2.26 bits per heavy atom. The van der Waals surface area contributed by atoms with E-state index in [0.717, 1.165) is 0 Å². The summed E-state index contributed by atoms with van der Waals surface area (Å²) in [5.41, 5.74) is 5.97. The molecular weight excluding hydrogens is 246 g/mol. The quantitative estimate of drug-likeness (QED) is 0.876. The Labute approximate surface area is 109 Å². The lowest BCUT2D eigenvalue weighted by Gasteiger charge is -2.05. The average Bonchev–Trinajstić information content (AvgIpc) is 2.40. The maximum absolute atomic E-state index is 11.9. The molecule has 0 unspecified atom stereocenters. The monoisotopic (exact) mass is 257 g/mol. The van der Waals surface area contributed by atoms with Gasteiger partial charge in [0.2, 0.25) is 0 Å². The van der Waals surface area contributed by atoms with Crippen LogP contribution in [0.2, 0.25) is 0 Å². The van der Waals surface area contributed by atoms with Gasteiger partial charge in [-0.05, 0) is 36.4 Å². The number of benzene rings is 1. The zero-order chi connectivity index (χ0) is 13.7. The smallest absolute Gasteiger partial charge is 0.409 e. The number of hydrogen-bond donors (Lipinski definition) is 2. The predicted molar refractivity (Wildman–Crippen MR) is 68.8 cm³/mol. The number of amides is 2. The Bertz CT molecular complexity index is 582. The van der Waals surface area contributed by atoms with E-state index in [0.29, 0.717) is 11.3 Å². The largest absolute Gasteiger partial charge is 0.411 e. The topological polar surface area (TPSA) is 94.3 Å². The van der Waals surface area contributed by atoms with Crippen LogP contribution in [0.25, 0.3) is 0 Å². The molecule has 0 saturated carbocycles. The highest BCUT2D eigenvalue weighted by Gasteiger charge is 2.06. The molecule has 19 heavy (non-hydrogen) atoms. The van der Waals surface area contributed by atoms with Gasteiger partial charge in [0.15, 0.2) is 0 Å². The molecule has 0 aliphatic rings. The number of hydrogen-bond acceptors (Lipinski definition) is 4. The fourth-order valence-corrected chi connectivity index (χ4v) is 1.43. The maximum atomic E-state index is 11.9. The zero-order valence-electron chi connectivity index (χ0n) is 9.87. The van der Waals surface area contributed by atoms with E-state index < -0.39 is 6.09 Å². The minimum Gasteiger partial charge on any atom is -0.411 e. The number of anilines is 1. The van der Waals surface area contributed by atoms with Crippen LogP contribution < -0.4 is 15.8 Å². The van der Waals surface area contributed by atoms with Crippen molar-refractivity contribution < 1.29 is 14.3 Å². The van der Waals surface area contributed by atoms with Crippen LogP contribution in [0.4, 0.5) is 10.5 Å². The van der Waals surface area contributed by atoms with Crippen molar-refractivity contribution in [2.75, 3.05) is 5.32 Å². The molecule has 0 aliphatic carbocycles. The molecule has 0 radical (unpaired) electrons. The van der Waals surface area contributed by atoms with Gasteiger partial charge >= 0.3 is 6.09 Å². The lowest BCUT2D eigenvalue weighted by atomic mass is 10.2. The molecule has 2 aromatic rings. The fourth-order valence-electron chi connectivity index (χ4n) is 1.43. The molecule has 6 heteroatoms. The van der Waals surface area contributed by atoms with Crippen molar-refractivity contribution in [2.45, 2.75) is 0 Å². The summed E-state index contributed by atoms with van der Waals surface area (Å²) in [4.78, 5) is 26.3. The second-order valence-electron chi connectivity index (χ2n) is 3.64. The number of pyridine rings is 1. The molecule has 1 heterocycles. The van der Waals surface area contributed by atoms with E-state index in [9.17, 15) is 9.59 Å². The Kier molecular flexibility index (Phi) is 3.72. The van der Waals surface area contributed by atoms with Crippen LogP contribution in [0.15, 0.2) is 48.8 Å². The zero-order valence-corrected chi connectivity index (χ0v) is 9.87. The summed E-state index contributed by atoms with van der Waals surface area (Å²) >= 11 is 0. The number of rotatable bonds is 3. The summed E-state index contributed by atoms with van der Waals surface area (Å²) in [6, 6.07) is 9.42. The Hall–Kier alpha value is -2.89. The Balaban J connectivity index is 2.05. The molecule has 0 bridgehead atoms. The van der Waals surface area contributed by atoms with E-state index in [1.165, 1.54) is 24.3 Å². The summed E-state index contributed by atoms with van der Waals surface area (Å²) in [6.07, 6.45) is 2.27. The van der Waals surface area contributed by atoms with Gasteiger partial charge in [0, 0.05) is 23.6 Å². The SMILES string of the molecule is NC(=O)Oc1ccc(C(=O)Nc2ccncc2)cc1. The summed E-state index contributed by atoms with van der Waals surface area (Å²) in [6.45, 7) is 0. The molecule has 3 N–H and O–H groups in total. The lowest BCUT2D eigenvalue weighted by Crippen LogP contribution is -2.16. The summed E-state index contributed by atoms with van der Waals surface area (Å²) in [5, 5.41) is 2.71. The first-order valence-electron chi connectivity index (χ1n) is 5.44. The van der Waals surface area contributed by atoms with Crippen molar-refractivity contribution in [3.05, 3.63) is 54.4 Å². The van der Waals surface area contributed by atoms with Crippen LogP contribution in [0.1, 0.15) is 10.4 Å². The van der Waals surface area contributed by atoms with E-state index >= 15 is 0 Å². The van der Waals surface area contributed by atoms with Gasteiger partial charge in [0.1, 0.15) is 5.75 Å². The van der Waals surface area contributed by atoms with Crippen molar-refractivity contribution in [3.63, 3.8) is 0 Å². The van der Waals surface area contributed by atoms with E-state index in [2.05, 4.69) is 15.0 Å². The van der Waals surface area contributed by atoms with Gasteiger partial charge in [-0.25, -0.2) is 4.79 Å². The molecule has 1 aromatic carbocycles. The fraction of sp³-hybridized carbons (Fsp3) is 0. The standard InChI is InChI=1S/C13H11N3O3/c14-13(18)19-11-3-1-9(2-4-11)12(17)16-10-5-7-15-8-6-10/h1-8H,(H2,14,18)(H,15,16,17). The highest BCUT2D eigenvalue weighted by molar-refractivity contribution is 6.04. The van der Waals surface area contributed by atoms with Crippen LogP contribution in [-0.4, -0.2) is 17.0 Å². The third-order valence-corrected chi connectivity index (χ3v) is 2.27. The number of nitrogens with two attached hydrogens (primary N) is 1. The minimum absolute atomic E-state index is 0.267. The van der Waals surface area contributed by atoms with Crippen LogP contribution in [0, 0.1) is 0 Å². The van der Waals surface area contributed by atoms with Crippen LogP contribution in [0.3, 0.4) is 0 Å². The molecular formula is C13H11N3O3. The third kappa shape index (κ3) is 3.53. The van der Waals surface area contributed by atoms with E-state index in [1.807, 2.05) is 0 Å². The molecule has 2 amide bonds. The molecule has 0 spiro atoms. The van der Waals surface area contributed by atoms with Gasteiger partial charge in [-0.1, -0.05) is 0 Å². The Morgan fingerprint density at radius 1 is 1.05 bits per heavy atom. The maximum Gasteiger partial charge on any atom is 0.409 e. The van der Waals surface area contributed by atoms with Crippen LogP contribution in [-0.2, 0) is 0 Å². The van der Waals surface area contributed by atoms with E-state index in [-0.39, 0.29) is 11.7 Å². The molecule has 0 fully saturated rings. The number of nitrogens with one attached hydrogen (secondary N) is 1. The number of nitrogens with zero attached hydrogens (tertiary/aromatic N) is 1. The molecule has 0 saturated heterocycles. The molecule has 96 valence electrons. The molecule has 6 nitrogen and oxygen atoms in total. The van der Waals surface area contributed by atoms with Crippen LogP contribution >= 0.6 is 0 Å². The van der Waals surface area contributed by atoms with Crippen molar-refractivity contribution in [1.82, 2.24) is 4.98 Å². The summed E-state index contributed by atoms with van der Waals surface area (Å²) < 4.78 is 4.67. The van der Waals surface area contributed by atoms with Gasteiger partial charge < -0.3 is 15.8 Å². The van der Waals surface area contributed by atoms with Crippen molar-refractivity contribution in [3.8, 4) is 5.75 Å². The number of primary amides is 1. The van der Waals surface area contributed by atoms with Gasteiger partial charge in [0.05, 0.1) is 0 Å². The summed E-state index contributed by atoms with van der Waals surface area (Å²) in [7, 11) is 0. The third-order valence-electron chi connectivity index (χ3n) is 2.27. The van der Waals surface area contributed by atoms with E-state index in [1.54, 1.807) is 24.5 Å². The first-order valence-corrected chi connectivity index (χ1v) is 5.44. The van der Waals surface area contributed by atoms with Gasteiger partial charge in [0.25, 0.3) is 5.91 Å². The van der Waals surface area contributed by atoms with Gasteiger partial charge in [-0.2, -0.15) is 0 Å². The highest BCUT2D eigenvalue weighted by Crippen LogP contribution is 2.13. The number of aromatic nitrogens is 1. The van der Waals surface area contributed by atoms with Gasteiger partial charge in [-0.3, -0.25) is 9.78 Å². The first-order chi connectivity index (χ1) is 9.15. The number of ether oxygens (including phenoxy) is 1.